The normalized spacial score (nSPS) is 12.2. The minimum Gasteiger partial charge on any atom is -0.497 e. The van der Waals surface area contributed by atoms with E-state index in [-0.39, 0.29) is 5.92 Å². The molecule has 0 fully saturated rings. The fourth-order valence-electron chi connectivity index (χ4n) is 4.98. The summed E-state index contributed by atoms with van der Waals surface area (Å²) in [6, 6.07) is 36.7. The number of carboxylic acids is 1. The molecule has 1 atom stereocenters. The number of rotatable bonds is 7. The van der Waals surface area contributed by atoms with Crippen LogP contribution >= 0.6 is 0 Å². The van der Waals surface area contributed by atoms with Crippen LogP contribution in [0.1, 0.15) is 34.9 Å². The molecule has 0 aliphatic rings. The lowest BCUT2D eigenvalue weighted by Gasteiger charge is -2.25. The molecule has 1 N–H and O–H groups in total. The molecule has 0 bridgehead atoms. The van der Waals surface area contributed by atoms with Gasteiger partial charge in [0.15, 0.2) is 0 Å². The summed E-state index contributed by atoms with van der Waals surface area (Å²) in [6.07, 6.45) is 0.448. The van der Waals surface area contributed by atoms with Gasteiger partial charge in [0.1, 0.15) is 5.75 Å². The molecule has 0 radical (unpaired) electrons. The lowest BCUT2D eigenvalue weighted by Crippen LogP contribution is -2.17. The first-order valence-electron chi connectivity index (χ1n) is 11.5. The van der Waals surface area contributed by atoms with Gasteiger partial charge >= 0.3 is 5.97 Å². The van der Waals surface area contributed by atoms with Crippen LogP contribution in [0.3, 0.4) is 0 Å². The standard InChI is InChI=1S/C31H26O3/c1-34-24-18-16-23(17-19-24)29(31(32)33)20-30(27-14-6-10-21-8-2-4-12-25(21)27)28-15-7-11-22-9-3-5-13-26(22)28/h2-19,29-30H,20H2,1H3,(H,32,33). The molecule has 5 aromatic rings. The Morgan fingerprint density at radius 2 is 1.21 bits per heavy atom. The SMILES string of the molecule is COc1ccc(C(CC(c2cccc3ccccc23)c2cccc3ccccc23)C(=O)O)cc1. The molecule has 5 aromatic carbocycles. The first-order valence-corrected chi connectivity index (χ1v) is 11.5. The predicted octanol–water partition coefficient (Wildman–Crippen LogP) is 7.39. The number of hydrogen-bond acceptors (Lipinski definition) is 2. The molecule has 5 rings (SSSR count). The molecule has 0 saturated heterocycles. The van der Waals surface area contributed by atoms with Crippen molar-refractivity contribution in [3.8, 4) is 5.75 Å². The summed E-state index contributed by atoms with van der Waals surface area (Å²) in [7, 11) is 1.61. The van der Waals surface area contributed by atoms with E-state index in [0.29, 0.717) is 12.2 Å². The van der Waals surface area contributed by atoms with E-state index >= 15 is 0 Å². The van der Waals surface area contributed by atoms with Crippen LogP contribution in [-0.2, 0) is 4.79 Å². The van der Waals surface area contributed by atoms with E-state index in [1.165, 1.54) is 0 Å². The molecule has 0 saturated carbocycles. The number of carboxylic acid groups (broad SMARTS) is 1. The third-order valence-electron chi connectivity index (χ3n) is 6.69. The molecular weight excluding hydrogens is 420 g/mol. The average molecular weight is 447 g/mol. The van der Waals surface area contributed by atoms with E-state index in [1.807, 2.05) is 48.5 Å². The highest BCUT2D eigenvalue weighted by Crippen LogP contribution is 2.41. The fourth-order valence-corrected chi connectivity index (χ4v) is 4.98. The molecule has 0 amide bonds. The van der Waals surface area contributed by atoms with Crippen molar-refractivity contribution in [3.63, 3.8) is 0 Å². The van der Waals surface area contributed by atoms with Gasteiger partial charge in [-0.05, 0) is 56.8 Å². The second-order valence-electron chi connectivity index (χ2n) is 8.59. The van der Waals surface area contributed by atoms with Gasteiger partial charge < -0.3 is 9.84 Å². The largest absolute Gasteiger partial charge is 0.497 e. The second-order valence-corrected chi connectivity index (χ2v) is 8.59. The zero-order chi connectivity index (χ0) is 23.5. The van der Waals surface area contributed by atoms with Gasteiger partial charge in [-0.1, -0.05) is 97.1 Å². The van der Waals surface area contributed by atoms with Crippen molar-refractivity contribution in [2.45, 2.75) is 18.3 Å². The van der Waals surface area contributed by atoms with Gasteiger partial charge in [-0.3, -0.25) is 4.79 Å². The molecule has 168 valence electrons. The Morgan fingerprint density at radius 3 is 1.71 bits per heavy atom. The van der Waals surface area contributed by atoms with E-state index in [1.54, 1.807) is 7.11 Å². The quantitative estimate of drug-likeness (QED) is 0.283. The van der Waals surface area contributed by atoms with Gasteiger partial charge in [-0.15, -0.1) is 0 Å². The molecule has 3 nitrogen and oxygen atoms in total. The van der Waals surface area contributed by atoms with Crippen LogP contribution in [0.5, 0.6) is 5.75 Å². The maximum atomic E-state index is 12.5. The van der Waals surface area contributed by atoms with E-state index in [4.69, 9.17) is 4.74 Å². The number of carbonyl (C=O) groups is 1. The summed E-state index contributed by atoms with van der Waals surface area (Å²) in [4.78, 5) is 12.5. The smallest absolute Gasteiger partial charge is 0.311 e. The maximum absolute atomic E-state index is 12.5. The molecule has 1 unspecified atom stereocenters. The highest BCUT2D eigenvalue weighted by atomic mass is 16.5. The number of aliphatic carboxylic acids is 1. The minimum absolute atomic E-state index is 0.0969. The third kappa shape index (κ3) is 4.13. The average Bonchev–Trinajstić information content (AvgIpc) is 2.89. The molecule has 0 heterocycles. The van der Waals surface area contributed by atoms with Crippen molar-refractivity contribution in [3.05, 3.63) is 126 Å². The molecular formula is C31H26O3. The van der Waals surface area contributed by atoms with Crippen molar-refractivity contribution in [2.24, 2.45) is 0 Å². The zero-order valence-corrected chi connectivity index (χ0v) is 19.0. The first kappa shape index (κ1) is 21.7. The van der Waals surface area contributed by atoms with Crippen LogP contribution in [0, 0.1) is 0 Å². The van der Waals surface area contributed by atoms with Gasteiger partial charge in [-0.25, -0.2) is 0 Å². The summed E-state index contributed by atoms with van der Waals surface area (Å²) >= 11 is 0. The Kier molecular flexibility index (Phi) is 6.01. The van der Waals surface area contributed by atoms with Crippen LogP contribution in [0.15, 0.2) is 109 Å². The van der Waals surface area contributed by atoms with Crippen molar-refractivity contribution in [1.29, 1.82) is 0 Å². The van der Waals surface area contributed by atoms with E-state index in [2.05, 4.69) is 60.7 Å². The van der Waals surface area contributed by atoms with Gasteiger partial charge in [-0.2, -0.15) is 0 Å². The lowest BCUT2D eigenvalue weighted by molar-refractivity contribution is -0.139. The summed E-state index contributed by atoms with van der Waals surface area (Å²) in [5, 5.41) is 14.9. The number of methoxy groups -OCH3 is 1. The van der Waals surface area contributed by atoms with Crippen LogP contribution in [0.25, 0.3) is 21.5 Å². The lowest BCUT2D eigenvalue weighted by atomic mass is 9.78. The topological polar surface area (TPSA) is 46.5 Å². The Morgan fingerprint density at radius 1 is 0.706 bits per heavy atom. The van der Waals surface area contributed by atoms with Crippen LogP contribution < -0.4 is 4.74 Å². The molecule has 0 aliphatic carbocycles. The Balaban J connectivity index is 1.69. The zero-order valence-electron chi connectivity index (χ0n) is 19.0. The third-order valence-corrected chi connectivity index (χ3v) is 6.69. The van der Waals surface area contributed by atoms with Crippen LogP contribution in [0.2, 0.25) is 0 Å². The second kappa shape index (κ2) is 9.40. The van der Waals surface area contributed by atoms with E-state index in [0.717, 1.165) is 38.2 Å². The monoisotopic (exact) mass is 446 g/mol. The Labute approximate surface area is 199 Å². The number of hydrogen-bond donors (Lipinski definition) is 1. The molecule has 34 heavy (non-hydrogen) atoms. The van der Waals surface area contributed by atoms with E-state index < -0.39 is 11.9 Å². The van der Waals surface area contributed by atoms with Crippen LogP contribution in [0.4, 0.5) is 0 Å². The first-order chi connectivity index (χ1) is 16.7. The van der Waals surface area contributed by atoms with Gasteiger partial charge in [0.2, 0.25) is 0 Å². The molecule has 3 heteroatoms. The Bertz CT molecular complexity index is 1360. The van der Waals surface area contributed by atoms with E-state index in [9.17, 15) is 9.90 Å². The number of ether oxygens (including phenoxy) is 1. The van der Waals surface area contributed by atoms with Gasteiger partial charge in [0.25, 0.3) is 0 Å². The molecule has 0 aromatic heterocycles. The summed E-state index contributed by atoms with van der Waals surface area (Å²) in [5.41, 5.74) is 3.07. The fraction of sp³-hybridized carbons (Fsp3) is 0.129. The van der Waals surface area contributed by atoms with Gasteiger partial charge in [0.05, 0.1) is 13.0 Å². The summed E-state index contributed by atoms with van der Waals surface area (Å²) in [5.74, 6) is -0.863. The Hall–Kier alpha value is -4.11. The highest BCUT2D eigenvalue weighted by Gasteiger charge is 2.28. The summed E-state index contributed by atoms with van der Waals surface area (Å²) in [6.45, 7) is 0. The number of fused-ring (bicyclic) bond motifs is 2. The maximum Gasteiger partial charge on any atom is 0.311 e. The molecule has 0 aliphatic heterocycles. The van der Waals surface area contributed by atoms with Crippen LogP contribution in [-0.4, -0.2) is 18.2 Å². The molecule has 0 spiro atoms. The predicted molar refractivity (Wildman–Crippen MR) is 138 cm³/mol. The minimum atomic E-state index is -0.823. The van der Waals surface area contributed by atoms with Crippen molar-refractivity contribution in [1.82, 2.24) is 0 Å². The van der Waals surface area contributed by atoms with Crippen molar-refractivity contribution >= 4 is 27.5 Å². The van der Waals surface area contributed by atoms with Crippen molar-refractivity contribution < 1.29 is 14.6 Å². The number of benzene rings is 5. The summed E-state index contributed by atoms with van der Waals surface area (Å²) < 4.78 is 5.28. The van der Waals surface area contributed by atoms with Crippen molar-refractivity contribution in [2.75, 3.05) is 7.11 Å². The highest BCUT2D eigenvalue weighted by molar-refractivity contribution is 5.90. The van der Waals surface area contributed by atoms with Gasteiger partial charge in [0, 0.05) is 5.92 Å².